The number of halogens is 1. The highest BCUT2D eigenvalue weighted by Crippen LogP contribution is 2.27. The largest absolute Gasteiger partial charge is 0.481 e. The third-order valence-electron chi connectivity index (χ3n) is 4.98. The monoisotopic (exact) mass is 525 g/mol. The molecule has 2 atom stereocenters. The van der Waals surface area contributed by atoms with Crippen molar-refractivity contribution in [1.29, 1.82) is 0 Å². The fraction of sp³-hybridized carbons (Fsp3) is 0.476. The van der Waals surface area contributed by atoms with Gasteiger partial charge in [0.25, 0.3) is 0 Å². The molecular formula is C21H28ClN7O5S. The van der Waals surface area contributed by atoms with Crippen LogP contribution in [0.25, 0.3) is 11.5 Å². The first-order valence-corrected chi connectivity index (χ1v) is 12.8. The summed E-state index contributed by atoms with van der Waals surface area (Å²) in [5.41, 5.74) is 0.463. The number of pyridine rings is 1. The Morgan fingerprint density at radius 1 is 1.14 bits per heavy atom. The molecule has 0 spiro atoms. The maximum atomic E-state index is 13.4. The van der Waals surface area contributed by atoms with Crippen LogP contribution in [-0.2, 0) is 26.0 Å². The van der Waals surface area contributed by atoms with E-state index in [-0.39, 0.29) is 18.3 Å². The summed E-state index contributed by atoms with van der Waals surface area (Å²) in [4.78, 5) is 12.7. The molecule has 0 aliphatic carbocycles. The Morgan fingerprint density at radius 3 is 2.54 bits per heavy atom. The lowest BCUT2D eigenvalue weighted by atomic mass is 10.2. The number of rotatable bonds is 13. The van der Waals surface area contributed by atoms with Gasteiger partial charge in [-0.3, -0.25) is 9.29 Å². The Morgan fingerprint density at radius 2 is 1.89 bits per heavy atom. The summed E-state index contributed by atoms with van der Waals surface area (Å²) in [5, 5.41) is 7.50. The van der Waals surface area contributed by atoms with E-state index in [9.17, 15) is 8.42 Å². The summed E-state index contributed by atoms with van der Waals surface area (Å²) < 4.78 is 47.1. The maximum absolute atomic E-state index is 13.4. The van der Waals surface area contributed by atoms with Crippen molar-refractivity contribution in [1.82, 2.24) is 29.7 Å². The van der Waals surface area contributed by atoms with Crippen molar-refractivity contribution in [3.8, 4) is 17.4 Å². The number of methoxy groups -OCH3 is 2. The normalized spacial score (nSPS) is 13.4. The highest BCUT2D eigenvalue weighted by Gasteiger charge is 2.35. The zero-order valence-corrected chi connectivity index (χ0v) is 21.5. The van der Waals surface area contributed by atoms with E-state index in [2.05, 4.69) is 29.9 Å². The van der Waals surface area contributed by atoms with Crippen molar-refractivity contribution < 1.29 is 22.6 Å². The second-order valence-electron chi connectivity index (χ2n) is 7.46. The first-order chi connectivity index (χ1) is 16.8. The molecule has 190 valence electrons. The van der Waals surface area contributed by atoms with E-state index in [1.807, 2.05) is 6.92 Å². The molecule has 0 aliphatic heterocycles. The van der Waals surface area contributed by atoms with Crippen LogP contribution in [0, 0.1) is 0 Å². The Balaban J connectivity index is 1.94. The number of aromatic nitrogens is 6. The quantitative estimate of drug-likeness (QED) is 0.353. The van der Waals surface area contributed by atoms with E-state index in [0.717, 1.165) is 0 Å². The molecule has 14 heteroatoms. The van der Waals surface area contributed by atoms with Crippen molar-refractivity contribution >= 4 is 27.6 Å². The van der Waals surface area contributed by atoms with Gasteiger partial charge in [0, 0.05) is 32.2 Å². The lowest BCUT2D eigenvalue weighted by Gasteiger charge is -2.23. The van der Waals surface area contributed by atoms with Gasteiger partial charge >= 0.3 is 0 Å². The van der Waals surface area contributed by atoms with Crippen LogP contribution < -0.4 is 9.46 Å². The SMILES string of the molecule is CCCO[C@@H](c1ncc(Cl)cn1)[C@H](C)S(=O)(=O)Nc1nnc(-c2cccc(OC)n2)n1CCOC. The van der Waals surface area contributed by atoms with Gasteiger partial charge in [-0.15, -0.1) is 10.2 Å². The molecule has 0 radical (unpaired) electrons. The Hall–Kier alpha value is -2.87. The van der Waals surface area contributed by atoms with Gasteiger partial charge in [-0.05, 0) is 19.4 Å². The fourth-order valence-electron chi connectivity index (χ4n) is 3.13. The van der Waals surface area contributed by atoms with Gasteiger partial charge in [-0.2, -0.15) is 0 Å². The molecule has 0 saturated carbocycles. The van der Waals surface area contributed by atoms with Gasteiger partial charge in [0.1, 0.15) is 17.0 Å². The number of hydrogen-bond donors (Lipinski definition) is 1. The molecule has 0 fully saturated rings. The standard InChI is InChI=1S/C21H28ClN7O5S/c1-5-10-34-18(19-23-12-15(22)13-24-19)14(2)35(30,31)28-21-27-26-20(29(21)9-11-32-3)16-7-6-8-17(25-16)33-4/h6-8,12-14,18H,5,9-11H2,1-4H3,(H,27,28)/t14-,18+/m0/s1. The molecule has 0 aliphatic rings. The number of anilines is 1. The fourth-order valence-corrected chi connectivity index (χ4v) is 4.35. The van der Waals surface area contributed by atoms with Crippen LogP contribution in [0.3, 0.4) is 0 Å². The highest BCUT2D eigenvalue weighted by atomic mass is 35.5. The van der Waals surface area contributed by atoms with Crippen LogP contribution in [0.15, 0.2) is 30.6 Å². The topological polar surface area (TPSA) is 143 Å². The zero-order valence-electron chi connectivity index (χ0n) is 19.9. The minimum absolute atomic E-state index is 0.0137. The molecule has 3 heterocycles. The van der Waals surface area contributed by atoms with E-state index in [0.29, 0.717) is 42.1 Å². The van der Waals surface area contributed by atoms with Crippen LogP contribution in [0.2, 0.25) is 5.02 Å². The van der Waals surface area contributed by atoms with Crippen molar-refractivity contribution in [2.24, 2.45) is 0 Å². The molecule has 3 aromatic heterocycles. The van der Waals surface area contributed by atoms with Crippen molar-refractivity contribution in [2.75, 3.05) is 32.2 Å². The third kappa shape index (κ3) is 6.63. The first-order valence-electron chi connectivity index (χ1n) is 10.8. The van der Waals surface area contributed by atoms with Gasteiger partial charge < -0.3 is 14.2 Å². The molecule has 0 bridgehead atoms. The van der Waals surface area contributed by atoms with Crippen molar-refractivity contribution in [2.45, 2.75) is 38.2 Å². The zero-order chi connectivity index (χ0) is 25.4. The molecule has 0 amide bonds. The van der Waals surface area contributed by atoms with Crippen molar-refractivity contribution in [3.05, 3.63) is 41.4 Å². The number of nitrogens with zero attached hydrogens (tertiary/aromatic N) is 6. The molecule has 3 aromatic rings. The van der Waals surface area contributed by atoms with E-state index < -0.39 is 21.4 Å². The van der Waals surface area contributed by atoms with E-state index >= 15 is 0 Å². The van der Waals surface area contributed by atoms with E-state index in [4.69, 9.17) is 25.8 Å². The third-order valence-corrected chi connectivity index (χ3v) is 6.87. The van der Waals surface area contributed by atoms with Gasteiger partial charge in [-0.25, -0.2) is 23.4 Å². The second kappa shape index (κ2) is 12.2. The maximum Gasteiger partial charge on any atom is 0.240 e. The Bertz CT molecular complexity index is 1210. The number of hydrogen-bond acceptors (Lipinski definition) is 10. The average Bonchev–Trinajstić information content (AvgIpc) is 3.25. The smallest absolute Gasteiger partial charge is 0.240 e. The van der Waals surface area contributed by atoms with Crippen LogP contribution in [0.1, 0.15) is 32.2 Å². The molecule has 35 heavy (non-hydrogen) atoms. The minimum atomic E-state index is -4.03. The molecular weight excluding hydrogens is 498 g/mol. The van der Waals surface area contributed by atoms with Crippen molar-refractivity contribution in [3.63, 3.8) is 0 Å². The summed E-state index contributed by atoms with van der Waals surface area (Å²) in [6.07, 6.45) is 2.55. The van der Waals surface area contributed by atoms with Gasteiger partial charge in [0.05, 0.1) is 25.3 Å². The van der Waals surface area contributed by atoms with E-state index in [1.54, 1.807) is 29.9 Å². The number of sulfonamides is 1. The van der Waals surface area contributed by atoms with Crippen LogP contribution in [0.5, 0.6) is 5.88 Å². The summed E-state index contributed by atoms with van der Waals surface area (Å²) >= 11 is 5.89. The highest BCUT2D eigenvalue weighted by molar-refractivity contribution is 7.93. The molecule has 3 rings (SSSR count). The molecule has 0 unspecified atom stereocenters. The van der Waals surface area contributed by atoms with Crippen LogP contribution in [-0.4, -0.2) is 70.8 Å². The van der Waals surface area contributed by atoms with Gasteiger partial charge in [0.15, 0.2) is 11.6 Å². The predicted octanol–water partition coefficient (Wildman–Crippen LogP) is 2.74. The van der Waals surface area contributed by atoms with Crippen LogP contribution >= 0.6 is 11.6 Å². The number of ether oxygens (including phenoxy) is 3. The molecule has 0 saturated heterocycles. The minimum Gasteiger partial charge on any atom is -0.481 e. The predicted molar refractivity (Wildman–Crippen MR) is 130 cm³/mol. The molecule has 1 N–H and O–H groups in total. The average molecular weight is 526 g/mol. The van der Waals surface area contributed by atoms with Gasteiger partial charge in [-0.1, -0.05) is 24.6 Å². The summed E-state index contributed by atoms with van der Waals surface area (Å²) in [6, 6.07) is 5.17. The first kappa shape index (κ1) is 26.7. The lowest BCUT2D eigenvalue weighted by molar-refractivity contribution is 0.0466. The Kier molecular flexibility index (Phi) is 9.32. The summed E-state index contributed by atoms with van der Waals surface area (Å²) in [7, 11) is -0.980. The number of nitrogens with one attached hydrogen (secondary N) is 1. The summed E-state index contributed by atoms with van der Waals surface area (Å²) in [6.45, 7) is 4.33. The second-order valence-corrected chi connectivity index (χ2v) is 9.93. The van der Waals surface area contributed by atoms with Crippen LogP contribution in [0.4, 0.5) is 5.95 Å². The molecule has 0 aromatic carbocycles. The van der Waals surface area contributed by atoms with Gasteiger partial charge in [0.2, 0.25) is 21.9 Å². The van der Waals surface area contributed by atoms with E-state index in [1.165, 1.54) is 26.4 Å². The lowest BCUT2D eigenvalue weighted by Crippen LogP contribution is -2.34. The summed E-state index contributed by atoms with van der Waals surface area (Å²) in [5.74, 6) is 0.965. The Labute approximate surface area is 209 Å². The molecule has 12 nitrogen and oxygen atoms in total.